The molecule has 0 bridgehead atoms. The minimum Gasteiger partial charge on any atom is -0.481 e. The monoisotopic (exact) mass is 351 g/mol. The van der Waals surface area contributed by atoms with E-state index in [1.807, 2.05) is 0 Å². The maximum Gasteiger partial charge on any atom is 0.303 e. The highest BCUT2D eigenvalue weighted by Crippen LogP contribution is 2.30. The quantitative estimate of drug-likeness (QED) is 0.884. The van der Waals surface area contributed by atoms with E-state index in [1.165, 1.54) is 22.5 Å². The molecule has 1 heterocycles. The Labute approximate surface area is 133 Å². The van der Waals surface area contributed by atoms with E-state index in [0.717, 1.165) is 0 Å². The van der Waals surface area contributed by atoms with Crippen LogP contribution in [0.25, 0.3) is 0 Å². The standard InChI is InChI=1S/C13H15Cl2NO4S/c14-11-3-2-10(7-12(11)15)21(19,20)16-6-5-9(8-16)1-4-13(17)18/h2-3,7,9H,1,4-6,8H2,(H,17,18). The molecule has 116 valence electrons. The van der Waals surface area contributed by atoms with Gasteiger partial charge in [0.1, 0.15) is 0 Å². The van der Waals surface area contributed by atoms with Gasteiger partial charge in [-0.15, -0.1) is 0 Å². The zero-order chi connectivity index (χ0) is 15.6. The number of sulfonamides is 1. The first-order valence-electron chi connectivity index (χ1n) is 6.47. The summed E-state index contributed by atoms with van der Waals surface area (Å²) in [4.78, 5) is 10.7. The number of aliphatic carboxylic acids is 1. The molecule has 1 aromatic carbocycles. The Morgan fingerprint density at radius 2 is 2.05 bits per heavy atom. The van der Waals surface area contributed by atoms with Crippen molar-refractivity contribution in [3.8, 4) is 0 Å². The maximum atomic E-state index is 12.5. The summed E-state index contributed by atoms with van der Waals surface area (Å²) in [6.07, 6.45) is 1.22. The molecule has 1 fully saturated rings. The highest BCUT2D eigenvalue weighted by molar-refractivity contribution is 7.89. The first kappa shape index (κ1) is 16.5. The van der Waals surface area contributed by atoms with E-state index in [2.05, 4.69) is 0 Å². The molecule has 0 radical (unpaired) electrons. The molecule has 1 unspecified atom stereocenters. The van der Waals surface area contributed by atoms with Crippen LogP contribution < -0.4 is 0 Å². The van der Waals surface area contributed by atoms with Crippen LogP contribution in [0, 0.1) is 5.92 Å². The molecule has 1 aliphatic rings. The predicted octanol–water partition coefficient (Wildman–Crippen LogP) is 2.87. The number of hydrogen-bond donors (Lipinski definition) is 1. The molecule has 1 atom stereocenters. The van der Waals surface area contributed by atoms with Crippen LogP contribution in [0.4, 0.5) is 0 Å². The number of halogens is 2. The summed E-state index contributed by atoms with van der Waals surface area (Å²) in [6, 6.07) is 4.21. The van der Waals surface area contributed by atoms with Crippen molar-refractivity contribution < 1.29 is 18.3 Å². The van der Waals surface area contributed by atoms with Gasteiger partial charge < -0.3 is 5.11 Å². The van der Waals surface area contributed by atoms with Gasteiger partial charge in [-0.1, -0.05) is 23.2 Å². The summed E-state index contributed by atoms with van der Waals surface area (Å²) in [5.74, 6) is -0.778. The van der Waals surface area contributed by atoms with E-state index < -0.39 is 16.0 Å². The van der Waals surface area contributed by atoms with Crippen LogP contribution in [0.1, 0.15) is 19.3 Å². The van der Waals surface area contributed by atoms with E-state index in [9.17, 15) is 13.2 Å². The number of rotatable bonds is 5. The molecule has 1 N–H and O–H groups in total. The van der Waals surface area contributed by atoms with Crippen molar-refractivity contribution in [3.63, 3.8) is 0 Å². The third-order valence-electron chi connectivity index (χ3n) is 3.54. The average molecular weight is 352 g/mol. The summed E-state index contributed by atoms with van der Waals surface area (Å²) in [7, 11) is -3.61. The molecular formula is C13H15Cl2NO4S. The van der Waals surface area contributed by atoms with Gasteiger partial charge in [0.15, 0.2) is 0 Å². The number of carboxylic acids is 1. The van der Waals surface area contributed by atoms with Gasteiger partial charge in [-0.3, -0.25) is 4.79 Å². The van der Waals surface area contributed by atoms with Gasteiger partial charge in [-0.25, -0.2) is 8.42 Å². The first-order valence-corrected chi connectivity index (χ1v) is 8.67. The number of benzene rings is 1. The SMILES string of the molecule is O=C(O)CCC1CCN(S(=O)(=O)c2ccc(Cl)c(Cl)c2)C1. The first-order chi connectivity index (χ1) is 9.80. The van der Waals surface area contributed by atoms with Crippen molar-refractivity contribution in [2.24, 2.45) is 5.92 Å². The van der Waals surface area contributed by atoms with Crippen molar-refractivity contribution in [3.05, 3.63) is 28.2 Å². The molecule has 1 saturated heterocycles. The lowest BCUT2D eigenvalue weighted by molar-refractivity contribution is -0.137. The predicted molar refractivity (Wildman–Crippen MR) is 80.2 cm³/mol. The molecule has 2 rings (SSSR count). The van der Waals surface area contributed by atoms with Gasteiger partial charge in [-0.05, 0) is 37.0 Å². The fraction of sp³-hybridized carbons (Fsp3) is 0.462. The normalized spacial score (nSPS) is 19.8. The Morgan fingerprint density at radius 3 is 2.67 bits per heavy atom. The lowest BCUT2D eigenvalue weighted by Crippen LogP contribution is -2.29. The van der Waals surface area contributed by atoms with Crippen molar-refractivity contribution >= 4 is 39.2 Å². The molecule has 8 heteroatoms. The zero-order valence-electron chi connectivity index (χ0n) is 11.1. The molecule has 0 aliphatic carbocycles. The van der Waals surface area contributed by atoms with Crippen LogP contribution in [0.3, 0.4) is 0 Å². The molecule has 0 saturated carbocycles. The Balaban J connectivity index is 2.10. The second kappa shape index (κ2) is 6.52. The second-order valence-electron chi connectivity index (χ2n) is 5.03. The van der Waals surface area contributed by atoms with E-state index in [0.29, 0.717) is 31.0 Å². The number of carboxylic acid groups (broad SMARTS) is 1. The van der Waals surface area contributed by atoms with Gasteiger partial charge >= 0.3 is 5.97 Å². The van der Waals surface area contributed by atoms with Crippen LogP contribution in [-0.4, -0.2) is 36.9 Å². The van der Waals surface area contributed by atoms with Crippen LogP contribution in [0.2, 0.25) is 10.0 Å². The molecule has 0 spiro atoms. The summed E-state index contributed by atoms with van der Waals surface area (Å²) >= 11 is 11.6. The Hall–Kier alpha value is -0.820. The van der Waals surface area contributed by atoms with Gasteiger partial charge in [-0.2, -0.15) is 4.31 Å². The van der Waals surface area contributed by atoms with Crippen LogP contribution in [-0.2, 0) is 14.8 Å². The van der Waals surface area contributed by atoms with Crippen molar-refractivity contribution in [1.29, 1.82) is 0 Å². The molecular weight excluding hydrogens is 337 g/mol. The third-order valence-corrected chi connectivity index (χ3v) is 6.14. The summed E-state index contributed by atoms with van der Waals surface area (Å²) < 4.78 is 26.4. The van der Waals surface area contributed by atoms with E-state index >= 15 is 0 Å². The van der Waals surface area contributed by atoms with Gasteiger partial charge in [0.25, 0.3) is 0 Å². The largest absolute Gasteiger partial charge is 0.481 e. The molecule has 0 aromatic heterocycles. The van der Waals surface area contributed by atoms with Crippen LogP contribution in [0.15, 0.2) is 23.1 Å². The highest BCUT2D eigenvalue weighted by atomic mass is 35.5. The lowest BCUT2D eigenvalue weighted by Gasteiger charge is -2.17. The number of carbonyl (C=O) groups is 1. The summed E-state index contributed by atoms with van der Waals surface area (Å²) in [6.45, 7) is 0.739. The van der Waals surface area contributed by atoms with E-state index in [-0.39, 0.29) is 22.3 Å². The van der Waals surface area contributed by atoms with Gasteiger partial charge in [0, 0.05) is 19.5 Å². The Kier molecular flexibility index (Phi) is 5.14. The van der Waals surface area contributed by atoms with Gasteiger partial charge in [0.05, 0.1) is 14.9 Å². The molecule has 5 nitrogen and oxygen atoms in total. The number of nitrogens with zero attached hydrogens (tertiary/aromatic N) is 1. The summed E-state index contributed by atoms with van der Waals surface area (Å²) in [5.41, 5.74) is 0. The molecule has 1 aromatic rings. The fourth-order valence-electron chi connectivity index (χ4n) is 2.37. The van der Waals surface area contributed by atoms with Gasteiger partial charge in [0.2, 0.25) is 10.0 Å². The third kappa shape index (κ3) is 3.88. The van der Waals surface area contributed by atoms with Crippen molar-refractivity contribution in [2.45, 2.75) is 24.2 Å². The van der Waals surface area contributed by atoms with Crippen LogP contribution in [0.5, 0.6) is 0 Å². The average Bonchev–Trinajstić information content (AvgIpc) is 2.89. The number of hydrogen-bond acceptors (Lipinski definition) is 3. The summed E-state index contributed by atoms with van der Waals surface area (Å²) in [5, 5.41) is 9.17. The fourth-order valence-corrected chi connectivity index (χ4v) is 4.29. The van der Waals surface area contributed by atoms with E-state index in [4.69, 9.17) is 28.3 Å². The molecule has 21 heavy (non-hydrogen) atoms. The smallest absolute Gasteiger partial charge is 0.303 e. The minimum atomic E-state index is -3.61. The van der Waals surface area contributed by atoms with Crippen molar-refractivity contribution in [1.82, 2.24) is 4.31 Å². The second-order valence-corrected chi connectivity index (χ2v) is 7.78. The minimum absolute atomic E-state index is 0.0608. The van der Waals surface area contributed by atoms with E-state index in [1.54, 1.807) is 0 Å². The topological polar surface area (TPSA) is 74.7 Å². The maximum absolute atomic E-state index is 12.5. The Bertz CT molecular complexity index is 648. The molecule has 1 aliphatic heterocycles. The lowest BCUT2D eigenvalue weighted by atomic mass is 10.0. The Morgan fingerprint density at radius 1 is 1.33 bits per heavy atom. The zero-order valence-corrected chi connectivity index (χ0v) is 13.5. The molecule has 0 amide bonds. The highest BCUT2D eigenvalue weighted by Gasteiger charge is 2.32. The van der Waals surface area contributed by atoms with Crippen molar-refractivity contribution in [2.75, 3.05) is 13.1 Å². The van der Waals surface area contributed by atoms with Crippen LogP contribution >= 0.6 is 23.2 Å².